The molecular weight excluding hydrogens is 370 g/mol. The van der Waals surface area contributed by atoms with Crippen LogP contribution in [0.2, 0.25) is 5.02 Å². The fourth-order valence-corrected chi connectivity index (χ4v) is 3.30. The monoisotopic (exact) mass is 391 g/mol. The number of carbonyl (C=O) groups excluding carboxylic acids is 2. The first-order chi connectivity index (χ1) is 12.5. The van der Waals surface area contributed by atoms with Gasteiger partial charge in [-0.3, -0.25) is 9.59 Å². The van der Waals surface area contributed by atoms with Crippen molar-refractivity contribution in [1.29, 1.82) is 0 Å². The number of rotatable bonds is 8. The SMILES string of the molecule is COC(=O)C[C@H](NC(=O)CSCc1ccc(C)cc1)c1ccc(Cl)cc1. The number of hydrogen-bond acceptors (Lipinski definition) is 4. The molecule has 2 rings (SSSR count). The highest BCUT2D eigenvalue weighted by Crippen LogP contribution is 2.21. The van der Waals surface area contributed by atoms with E-state index in [9.17, 15) is 9.59 Å². The van der Waals surface area contributed by atoms with Gasteiger partial charge in [0.05, 0.1) is 25.3 Å². The molecule has 138 valence electrons. The average molecular weight is 392 g/mol. The Labute approximate surface area is 163 Å². The summed E-state index contributed by atoms with van der Waals surface area (Å²) in [5.74, 6) is 0.582. The number of carbonyl (C=O) groups is 2. The van der Waals surface area contributed by atoms with Crippen molar-refractivity contribution in [2.45, 2.75) is 25.1 Å². The second kappa shape index (κ2) is 10.2. The molecule has 0 heterocycles. The lowest BCUT2D eigenvalue weighted by Gasteiger charge is -2.18. The van der Waals surface area contributed by atoms with Gasteiger partial charge in [0, 0.05) is 10.8 Å². The first-order valence-corrected chi connectivity index (χ1v) is 9.76. The summed E-state index contributed by atoms with van der Waals surface area (Å²) in [4.78, 5) is 24.0. The third kappa shape index (κ3) is 6.73. The second-order valence-electron chi connectivity index (χ2n) is 5.93. The van der Waals surface area contributed by atoms with Gasteiger partial charge in [-0.25, -0.2) is 0 Å². The van der Waals surface area contributed by atoms with Crippen molar-refractivity contribution in [3.05, 3.63) is 70.2 Å². The molecule has 0 aliphatic heterocycles. The summed E-state index contributed by atoms with van der Waals surface area (Å²) < 4.78 is 4.73. The normalized spacial score (nSPS) is 11.7. The van der Waals surface area contributed by atoms with Gasteiger partial charge in [0.2, 0.25) is 5.91 Å². The quantitative estimate of drug-likeness (QED) is 0.681. The molecule has 4 nitrogen and oxygen atoms in total. The molecule has 0 saturated carbocycles. The number of benzene rings is 2. The highest BCUT2D eigenvalue weighted by molar-refractivity contribution is 7.99. The van der Waals surface area contributed by atoms with Crippen molar-refractivity contribution in [2.75, 3.05) is 12.9 Å². The molecule has 0 unspecified atom stereocenters. The molecule has 0 spiro atoms. The van der Waals surface area contributed by atoms with Crippen molar-refractivity contribution in [3.63, 3.8) is 0 Å². The van der Waals surface area contributed by atoms with E-state index in [2.05, 4.69) is 29.6 Å². The minimum atomic E-state index is -0.438. The average Bonchev–Trinajstić information content (AvgIpc) is 2.63. The number of methoxy groups -OCH3 is 1. The van der Waals surface area contributed by atoms with E-state index in [1.807, 2.05) is 6.92 Å². The van der Waals surface area contributed by atoms with Gasteiger partial charge in [0.1, 0.15) is 0 Å². The van der Waals surface area contributed by atoms with Gasteiger partial charge in [0.15, 0.2) is 0 Å². The molecule has 0 fully saturated rings. The number of halogens is 1. The van der Waals surface area contributed by atoms with Crippen molar-refractivity contribution in [1.82, 2.24) is 5.32 Å². The molecule has 1 atom stereocenters. The van der Waals surface area contributed by atoms with Crippen molar-refractivity contribution in [3.8, 4) is 0 Å². The van der Waals surface area contributed by atoms with Gasteiger partial charge in [-0.2, -0.15) is 0 Å². The Morgan fingerprint density at radius 1 is 1.12 bits per heavy atom. The van der Waals surface area contributed by atoms with E-state index in [0.717, 1.165) is 11.3 Å². The Morgan fingerprint density at radius 2 is 1.77 bits per heavy atom. The first-order valence-electron chi connectivity index (χ1n) is 8.23. The summed E-state index contributed by atoms with van der Waals surface area (Å²) in [6, 6.07) is 14.9. The zero-order valence-electron chi connectivity index (χ0n) is 14.8. The molecule has 0 saturated heterocycles. The number of thioether (sulfide) groups is 1. The van der Waals surface area contributed by atoms with Gasteiger partial charge in [-0.15, -0.1) is 11.8 Å². The minimum absolute atomic E-state index is 0.0759. The van der Waals surface area contributed by atoms with Crippen LogP contribution >= 0.6 is 23.4 Å². The van der Waals surface area contributed by atoms with Gasteiger partial charge in [-0.1, -0.05) is 53.6 Å². The molecular formula is C20H22ClNO3S. The van der Waals surface area contributed by atoms with Crippen LogP contribution in [-0.4, -0.2) is 24.7 Å². The largest absolute Gasteiger partial charge is 0.469 e. The minimum Gasteiger partial charge on any atom is -0.469 e. The maximum atomic E-state index is 12.3. The van der Waals surface area contributed by atoms with E-state index in [0.29, 0.717) is 10.8 Å². The fourth-order valence-electron chi connectivity index (χ4n) is 2.38. The fraction of sp³-hybridized carbons (Fsp3) is 0.300. The number of esters is 1. The number of ether oxygens (including phenoxy) is 1. The smallest absolute Gasteiger partial charge is 0.307 e. The molecule has 26 heavy (non-hydrogen) atoms. The molecule has 6 heteroatoms. The van der Waals surface area contributed by atoms with Crippen LogP contribution in [0.4, 0.5) is 0 Å². The van der Waals surface area contributed by atoms with Crippen LogP contribution in [0.5, 0.6) is 0 Å². The van der Waals surface area contributed by atoms with Crippen molar-refractivity contribution in [2.24, 2.45) is 0 Å². The molecule has 0 aliphatic rings. The van der Waals surface area contributed by atoms with Crippen LogP contribution in [0.1, 0.15) is 29.2 Å². The van der Waals surface area contributed by atoms with Crippen LogP contribution in [-0.2, 0) is 20.1 Å². The summed E-state index contributed by atoms with van der Waals surface area (Å²) in [5.41, 5.74) is 3.21. The number of nitrogens with one attached hydrogen (secondary N) is 1. The Kier molecular flexibility index (Phi) is 8.01. The molecule has 2 aromatic rings. The Hall–Kier alpha value is -1.98. The van der Waals surface area contributed by atoms with E-state index in [1.54, 1.807) is 24.3 Å². The first kappa shape index (κ1) is 20.3. The summed E-state index contributed by atoms with van der Waals surface area (Å²) >= 11 is 7.44. The topological polar surface area (TPSA) is 55.4 Å². The Balaban J connectivity index is 1.91. The number of hydrogen-bond donors (Lipinski definition) is 1. The molecule has 0 bridgehead atoms. The lowest BCUT2D eigenvalue weighted by atomic mass is 10.0. The van der Waals surface area contributed by atoms with E-state index in [4.69, 9.17) is 16.3 Å². The third-order valence-corrected chi connectivity index (χ3v) is 5.08. The van der Waals surface area contributed by atoms with E-state index >= 15 is 0 Å². The predicted molar refractivity (Wildman–Crippen MR) is 106 cm³/mol. The van der Waals surface area contributed by atoms with Crippen LogP contribution in [0.25, 0.3) is 0 Å². The zero-order valence-corrected chi connectivity index (χ0v) is 16.4. The number of amides is 1. The molecule has 0 radical (unpaired) electrons. The predicted octanol–water partition coefficient (Wildman–Crippen LogP) is 4.30. The van der Waals surface area contributed by atoms with E-state index < -0.39 is 6.04 Å². The van der Waals surface area contributed by atoms with Crippen molar-refractivity contribution < 1.29 is 14.3 Å². The van der Waals surface area contributed by atoms with E-state index in [-0.39, 0.29) is 18.3 Å². The summed E-state index contributed by atoms with van der Waals surface area (Å²) in [6.07, 6.45) is 0.0759. The maximum absolute atomic E-state index is 12.3. The molecule has 1 N–H and O–H groups in total. The highest BCUT2D eigenvalue weighted by Gasteiger charge is 2.19. The van der Waals surface area contributed by atoms with Crippen LogP contribution in [0, 0.1) is 6.92 Å². The summed E-state index contributed by atoms with van der Waals surface area (Å²) in [5, 5.41) is 3.51. The summed E-state index contributed by atoms with van der Waals surface area (Å²) in [6.45, 7) is 2.04. The maximum Gasteiger partial charge on any atom is 0.307 e. The van der Waals surface area contributed by atoms with Gasteiger partial charge in [-0.05, 0) is 30.2 Å². The third-order valence-electron chi connectivity index (χ3n) is 3.83. The molecule has 2 aromatic carbocycles. The molecule has 0 aliphatic carbocycles. The van der Waals surface area contributed by atoms with Gasteiger partial charge in [0.25, 0.3) is 0 Å². The number of aryl methyl sites for hydroxylation is 1. The highest BCUT2D eigenvalue weighted by atomic mass is 35.5. The lowest BCUT2D eigenvalue weighted by molar-refractivity contribution is -0.141. The molecule has 0 aromatic heterocycles. The van der Waals surface area contributed by atoms with Crippen LogP contribution < -0.4 is 5.32 Å². The summed E-state index contributed by atoms with van der Waals surface area (Å²) in [7, 11) is 1.33. The molecule has 1 amide bonds. The van der Waals surface area contributed by atoms with Crippen LogP contribution in [0.15, 0.2) is 48.5 Å². The Morgan fingerprint density at radius 3 is 2.38 bits per heavy atom. The van der Waals surface area contributed by atoms with E-state index in [1.165, 1.54) is 30.0 Å². The Bertz CT molecular complexity index is 732. The van der Waals surface area contributed by atoms with Crippen LogP contribution in [0.3, 0.4) is 0 Å². The van der Waals surface area contributed by atoms with Crippen molar-refractivity contribution >= 4 is 35.2 Å². The second-order valence-corrected chi connectivity index (χ2v) is 7.35. The lowest BCUT2D eigenvalue weighted by Crippen LogP contribution is -2.31. The van der Waals surface area contributed by atoms with Gasteiger partial charge >= 0.3 is 5.97 Å². The van der Waals surface area contributed by atoms with Gasteiger partial charge < -0.3 is 10.1 Å². The zero-order chi connectivity index (χ0) is 18.9. The standard InChI is InChI=1S/C20H22ClNO3S/c1-14-3-5-15(6-4-14)12-26-13-19(23)22-18(11-20(24)25-2)16-7-9-17(21)10-8-16/h3-10,18H,11-13H2,1-2H3,(H,22,23)/t18-/m0/s1.